The number of carbonyl (C=O) groups is 1. The Labute approximate surface area is 115 Å². The topological polar surface area (TPSA) is 43.1 Å². The van der Waals surface area contributed by atoms with Gasteiger partial charge < -0.3 is 5.73 Å². The molecule has 1 amide bonds. The molecule has 0 heterocycles. The van der Waals surface area contributed by atoms with Gasteiger partial charge in [-0.1, -0.05) is 41.9 Å². The number of nitrogens with two attached hydrogens (primary N) is 1. The number of thioether (sulfide) groups is 1. The van der Waals surface area contributed by atoms with Gasteiger partial charge in [-0.25, -0.2) is 0 Å². The number of halogens is 1. The molecule has 2 rings (SSSR count). The van der Waals surface area contributed by atoms with Crippen LogP contribution in [0.2, 0.25) is 5.02 Å². The summed E-state index contributed by atoms with van der Waals surface area (Å²) < 4.78 is 0. The summed E-state index contributed by atoms with van der Waals surface area (Å²) in [6, 6.07) is 16.9. The van der Waals surface area contributed by atoms with E-state index in [4.69, 9.17) is 17.3 Å². The van der Waals surface area contributed by atoms with E-state index in [1.807, 2.05) is 42.5 Å². The van der Waals surface area contributed by atoms with Crippen LogP contribution < -0.4 is 5.73 Å². The van der Waals surface area contributed by atoms with Crippen LogP contribution in [-0.2, 0) is 4.79 Å². The molecule has 0 radical (unpaired) electrons. The van der Waals surface area contributed by atoms with Crippen molar-refractivity contribution in [2.45, 2.75) is 10.1 Å². The first-order valence-corrected chi connectivity index (χ1v) is 6.69. The molecule has 0 aliphatic heterocycles. The van der Waals surface area contributed by atoms with Gasteiger partial charge in [-0.2, -0.15) is 0 Å². The van der Waals surface area contributed by atoms with Crippen LogP contribution >= 0.6 is 23.4 Å². The fourth-order valence-corrected chi connectivity index (χ4v) is 2.67. The minimum absolute atomic E-state index is 0.346. The van der Waals surface area contributed by atoms with Gasteiger partial charge in [-0.15, -0.1) is 11.8 Å². The third kappa shape index (κ3) is 3.28. The summed E-state index contributed by atoms with van der Waals surface area (Å²) in [6.07, 6.45) is 0. The summed E-state index contributed by atoms with van der Waals surface area (Å²) >= 11 is 7.25. The Balaban J connectivity index is 2.22. The van der Waals surface area contributed by atoms with Crippen molar-refractivity contribution in [2.24, 2.45) is 5.73 Å². The summed E-state index contributed by atoms with van der Waals surface area (Å²) in [5.74, 6) is -0.346. The fraction of sp³-hybridized carbons (Fsp3) is 0.0714. The SMILES string of the molecule is NC(=O)C(Sc1ccc(Cl)cc1)c1ccccc1. The van der Waals surface area contributed by atoms with Crippen LogP contribution in [0.1, 0.15) is 10.8 Å². The molecular weight excluding hydrogens is 266 g/mol. The lowest BCUT2D eigenvalue weighted by molar-refractivity contribution is -0.117. The largest absolute Gasteiger partial charge is 0.368 e. The minimum Gasteiger partial charge on any atom is -0.368 e. The fourth-order valence-electron chi connectivity index (χ4n) is 1.57. The number of rotatable bonds is 4. The number of primary amides is 1. The van der Waals surface area contributed by atoms with Gasteiger partial charge in [0.25, 0.3) is 0 Å². The molecule has 0 saturated carbocycles. The Morgan fingerprint density at radius 2 is 1.67 bits per heavy atom. The Kier molecular flexibility index (Phi) is 4.28. The van der Waals surface area contributed by atoms with Crippen molar-refractivity contribution in [3.05, 3.63) is 65.2 Å². The normalized spacial score (nSPS) is 12.1. The first-order chi connectivity index (χ1) is 8.66. The number of amides is 1. The lowest BCUT2D eigenvalue weighted by Gasteiger charge is -2.13. The molecule has 4 heteroatoms. The number of benzene rings is 2. The molecule has 0 bridgehead atoms. The van der Waals surface area contributed by atoms with Crippen molar-refractivity contribution in [3.8, 4) is 0 Å². The highest BCUT2D eigenvalue weighted by Gasteiger charge is 2.18. The summed E-state index contributed by atoms with van der Waals surface area (Å²) in [4.78, 5) is 12.5. The van der Waals surface area contributed by atoms with E-state index < -0.39 is 0 Å². The maximum Gasteiger partial charge on any atom is 0.235 e. The van der Waals surface area contributed by atoms with Crippen molar-refractivity contribution in [1.82, 2.24) is 0 Å². The van der Waals surface area contributed by atoms with Crippen LogP contribution in [0.25, 0.3) is 0 Å². The van der Waals surface area contributed by atoms with Crippen molar-refractivity contribution in [2.75, 3.05) is 0 Å². The molecule has 1 unspecified atom stereocenters. The van der Waals surface area contributed by atoms with E-state index in [-0.39, 0.29) is 11.2 Å². The Morgan fingerprint density at radius 1 is 1.06 bits per heavy atom. The zero-order valence-corrected chi connectivity index (χ0v) is 11.1. The lowest BCUT2D eigenvalue weighted by atomic mass is 10.1. The highest BCUT2D eigenvalue weighted by Crippen LogP contribution is 2.35. The van der Waals surface area contributed by atoms with Gasteiger partial charge in [0.15, 0.2) is 0 Å². The van der Waals surface area contributed by atoms with Gasteiger partial charge in [0.05, 0.1) is 0 Å². The molecule has 0 spiro atoms. The van der Waals surface area contributed by atoms with Crippen LogP contribution in [-0.4, -0.2) is 5.91 Å². The molecule has 0 fully saturated rings. The molecule has 0 aromatic heterocycles. The van der Waals surface area contributed by atoms with E-state index in [0.29, 0.717) is 5.02 Å². The van der Waals surface area contributed by atoms with Gasteiger partial charge in [-0.05, 0) is 29.8 Å². The monoisotopic (exact) mass is 277 g/mol. The molecule has 2 aromatic carbocycles. The van der Waals surface area contributed by atoms with Crippen molar-refractivity contribution >= 4 is 29.3 Å². The van der Waals surface area contributed by atoms with E-state index in [9.17, 15) is 4.79 Å². The summed E-state index contributed by atoms with van der Waals surface area (Å²) in [6.45, 7) is 0. The first kappa shape index (κ1) is 13.0. The summed E-state index contributed by atoms with van der Waals surface area (Å²) in [5, 5.41) is 0.294. The predicted octanol–water partition coefficient (Wildman–Crippen LogP) is 3.66. The average molecular weight is 278 g/mol. The van der Waals surface area contributed by atoms with Crippen LogP contribution in [0.15, 0.2) is 59.5 Å². The Morgan fingerprint density at radius 3 is 2.22 bits per heavy atom. The second kappa shape index (κ2) is 5.94. The Hall–Kier alpha value is -1.45. The quantitative estimate of drug-likeness (QED) is 0.867. The molecule has 18 heavy (non-hydrogen) atoms. The third-order valence-corrected chi connectivity index (χ3v) is 3.96. The van der Waals surface area contributed by atoms with Crippen LogP contribution in [0, 0.1) is 0 Å². The standard InChI is InChI=1S/C14H12ClNOS/c15-11-6-8-12(9-7-11)18-13(14(16)17)10-4-2-1-3-5-10/h1-9,13H,(H2,16,17). The molecule has 0 saturated heterocycles. The number of hydrogen-bond donors (Lipinski definition) is 1. The van der Waals surface area contributed by atoms with Crippen molar-refractivity contribution in [1.29, 1.82) is 0 Å². The third-order valence-electron chi connectivity index (χ3n) is 2.43. The maximum atomic E-state index is 11.5. The molecular formula is C14H12ClNOS. The molecule has 2 nitrogen and oxygen atoms in total. The van der Waals surface area contributed by atoms with Crippen LogP contribution in [0.3, 0.4) is 0 Å². The van der Waals surface area contributed by atoms with E-state index in [1.165, 1.54) is 11.8 Å². The van der Waals surface area contributed by atoms with Gasteiger partial charge >= 0.3 is 0 Å². The zero-order valence-electron chi connectivity index (χ0n) is 9.55. The van der Waals surface area contributed by atoms with E-state index in [1.54, 1.807) is 12.1 Å². The van der Waals surface area contributed by atoms with E-state index in [2.05, 4.69) is 0 Å². The zero-order chi connectivity index (χ0) is 13.0. The second-order valence-corrected chi connectivity index (χ2v) is 5.38. The first-order valence-electron chi connectivity index (χ1n) is 5.43. The minimum atomic E-state index is -0.382. The summed E-state index contributed by atoms with van der Waals surface area (Å²) in [5.41, 5.74) is 6.37. The van der Waals surface area contributed by atoms with E-state index >= 15 is 0 Å². The smallest absolute Gasteiger partial charge is 0.235 e. The Bertz CT molecular complexity index is 527. The number of hydrogen-bond acceptors (Lipinski definition) is 2. The van der Waals surface area contributed by atoms with E-state index in [0.717, 1.165) is 10.5 Å². The highest BCUT2D eigenvalue weighted by molar-refractivity contribution is 8.00. The van der Waals surface area contributed by atoms with Gasteiger partial charge in [0, 0.05) is 9.92 Å². The van der Waals surface area contributed by atoms with Gasteiger partial charge in [0.1, 0.15) is 5.25 Å². The lowest BCUT2D eigenvalue weighted by Crippen LogP contribution is -2.18. The number of carbonyl (C=O) groups excluding carboxylic acids is 1. The molecule has 0 aliphatic rings. The predicted molar refractivity (Wildman–Crippen MR) is 75.7 cm³/mol. The van der Waals surface area contributed by atoms with Crippen LogP contribution in [0.4, 0.5) is 0 Å². The van der Waals surface area contributed by atoms with Gasteiger partial charge in [0.2, 0.25) is 5.91 Å². The van der Waals surface area contributed by atoms with Crippen molar-refractivity contribution in [3.63, 3.8) is 0 Å². The molecule has 1 atom stereocenters. The molecule has 2 N–H and O–H groups in total. The maximum absolute atomic E-state index is 11.5. The molecule has 0 aliphatic carbocycles. The molecule has 92 valence electrons. The highest BCUT2D eigenvalue weighted by atomic mass is 35.5. The second-order valence-electron chi connectivity index (χ2n) is 3.76. The van der Waals surface area contributed by atoms with Crippen LogP contribution in [0.5, 0.6) is 0 Å². The van der Waals surface area contributed by atoms with Crippen molar-refractivity contribution < 1.29 is 4.79 Å². The average Bonchev–Trinajstić information content (AvgIpc) is 2.38. The van der Waals surface area contributed by atoms with Gasteiger partial charge in [-0.3, -0.25) is 4.79 Å². The molecule has 2 aromatic rings. The summed E-state index contributed by atoms with van der Waals surface area (Å²) in [7, 11) is 0.